The molecule has 132 valence electrons. The monoisotopic (exact) mass is 355 g/mol. The minimum Gasteiger partial charge on any atom is -0.340 e. The molecule has 27 heavy (non-hydrogen) atoms. The molecule has 3 aromatic heterocycles. The van der Waals surface area contributed by atoms with E-state index in [1.807, 2.05) is 60.7 Å². The summed E-state index contributed by atoms with van der Waals surface area (Å²) in [6.45, 7) is 0. The van der Waals surface area contributed by atoms with Crippen molar-refractivity contribution < 1.29 is 4.79 Å². The fraction of sp³-hybridized carbons (Fsp3) is 0.0476. The van der Waals surface area contributed by atoms with Crippen LogP contribution < -0.4 is 5.32 Å². The molecule has 0 radical (unpaired) electrons. The third-order valence-corrected chi connectivity index (χ3v) is 4.18. The number of benzene rings is 1. The Balaban J connectivity index is 1.60. The largest absolute Gasteiger partial charge is 0.340 e. The molecule has 0 saturated heterocycles. The quantitative estimate of drug-likeness (QED) is 0.575. The molecule has 1 amide bonds. The van der Waals surface area contributed by atoms with E-state index in [0.717, 1.165) is 11.1 Å². The van der Waals surface area contributed by atoms with Gasteiger partial charge in [0.05, 0.1) is 11.7 Å². The van der Waals surface area contributed by atoms with Crippen molar-refractivity contribution in [1.82, 2.24) is 25.5 Å². The number of nitrogens with one attached hydrogen (secondary N) is 2. The SMILES string of the molecule is O=C(NC(c1ccccc1)c1cccnc1)c1cc(-c2ccccn2)n[nH]1. The molecular weight excluding hydrogens is 338 g/mol. The molecule has 3 heterocycles. The van der Waals surface area contributed by atoms with Gasteiger partial charge in [-0.05, 0) is 35.4 Å². The van der Waals surface area contributed by atoms with Crippen molar-refractivity contribution in [3.05, 3.63) is 102 Å². The van der Waals surface area contributed by atoms with Crippen LogP contribution in [0, 0.1) is 0 Å². The molecular formula is C21H17N5O. The summed E-state index contributed by atoms with van der Waals surface area (Å²) in [7, 11) is 0. The second-order valence-electron chi connectivity index (χ2n) is 5.99. The molecule has 0 spiro atoms. The minimum absolute atomic E-state index is 0.248. The van der Waals surface area contributed by atoms with Gasteiger partial charge < -0.3 is 5.32 Å². The van der Waals surface area contributed by atoms with Gasteiger partial charge in [-0.3, -0.25) is 19.9 Å². The van der Waals surface area contributed by atoms with Crippen LogP contribution in [0.15, 0.2) is 85.3 Å². The fourth-order valence-corrected chi connectivity index (χ4v) is 2.84. The summed E-state index contributed by atoms with van der Waals surface area (Å²) in [5.41, 5.74) is 3.59. The summed E-state index contributed by atoms with van der Waals surface area (Å²) in [5, 5.41) is 10.1. The van der Waals surface area contributed by atoms with E-state index in [2.05, 4.69) is 25.5 Å². The highest BCUT2D eigenvalue weighted by molar-refractivity contribution is 5.93. The lowest BCUT2D eigenvalue weighted by Crippen LogP contribution is -2.29. The number of nitrogens with zero attached hydrogens (tertiary/aromatic N) is 3. The first kappa shape index (κ1) is 16.7. The number of amides is 1. The lowest BCUT2D eigenvalue weighted by Gasteiger charge is -2.19. The lowest BCUT2D eigenvalue weighted by atomic mass is 10.00. The average Bonchev–Trinajstić information content (AvgIpc) is 3.24. The zero-order valence-corrected chi connectivity index (χ0v) is 14.4. The standard InChI is InChI=1S/C21H17N5O/c27-21(19-13-18(25-26-19)17-10-4-5-12-23-17)24-20(15-7-2-1-3-8-15)16-9-6-11-22-14-16/h1-14,20H,(H,24,27)(H,25,26). The molecule has 0 saturated carbocycles. The number of hydrogen-bond donors (Lipinski definition) is 2. The molecule has 4 aromatic rings. The highest BCUT2D eigenvalue weighted by atomic mass is 16.2. The van der Waals surface area contributed by atoms with Gasteiger partial charge in [-0.15, -0.1) is 0 Å². The Morgan fingerprint density at radius 3 is 2.44 bits per heavy atom. The summed E-state index contributed by atoms with van der Waals surface area (Å²) < 4.78 is 0. The first-order chi connectivity index (χ1) is 13.3. The Hall–Kier alpha value is -3.80. The highest BCUT2D eigenvalue weighted by Gasteiger charge is 2.19. The molecule has 0 fully saturated rings. The Bertz CT molecular complexity index is 977. The van der Waals surface area contributed by atoms with Crippen LogP contribution in [0.1, 0.15) is 27.7 Å². The van der Waals surface area contributed by atoms with E-state index in [-0.39, 0.29) is 11.9 Å². The minimum atomic E-state index is -0.311. The van der Waals surface area contributed by atoms with Crippen molar-refractivity contribution in [3.63, 3.8) is 0 Å². The topological polar surface area (TPSA) is 83.6 Å². The van der Waals surface area contributed by atoms with E-state index in [4.69, 9.17) is 0 Å². The summed E-state index contributed by atoms with van der Waals surface area (Å²) in [6.07, 6.45) is 5.16. The predicted octanol–water partition coefficient (Wildman–Crippen LogP) is 3.39. The maximum absolute atomic E-state index is 12.8. The number of rotatable bonds is 5. The molecule has 0 bridgehead atoms. The second kappa shape index (κ2) is 7.61. The molecule has 2 N–H and O–H groups in total. The van der Waals surface area contributed by atoms with Gasteiger partial charge in [0.1, 0.15) is 11.4 Å². The Morgan fingerprint density at radius 1 is 0.889 bits per heavy atom. The van der Waals surface area contributed by atoms with E-state index >= 15 is 0 Å². The van der Waals surface area contributed by atoms with E-state index in [0.29, 0.717) is 17.1 Å². The van der Waals surface area contributed by atoms with Gasteiger partial charge in [-0.1, -0.05) is 42.5 Å². The zero-order chi connectivity index (χ0) is 18.5. The van der Waals surface area contributed by atoms with Gasteiger partial charge in [0.2, 0.25) is 0 Å². The molecule has 1 aromatic carbocycles. The number of aromatic amines is 1. The van der Waals surface area contributed by atoms with E-state index < -0.39 is 0 Å². The van der Waals surface area contributed by atoms with Gasteiger partial charge in [-0.25, -0.2) is 0 Å². The molecule has 6 nitrogen and oxygen atoms in total. The summed E-state index contributed by atoms with van der Waals surface area (Å²) in [4.78, 5) is 21.3. The van der Waals surface area contributed by atoms with Crippen molar-refractivity contribution in [2.45, 2.75) is 6.04 Å². The van der Waals surface area contributed by atoms with Gasteiger partial charge in [0, 0.05) is 18.6 Å². The van der Waals surface area contributed by atoms with Gasteiger partial charge >= 0.3 is 0 Å². The van der Waals surface area contributed by atoms with Crippen LogP contribution >= 0.6 is 0 Å². The Labute approximate surface area is 156 Å². The normalized spacial score (nSPS) is 11.7. The maximum atomic E-state index is 12.8. The lowest BCUT2D eigenvalue weighted by molar-refractivity contribution is 0.0938. The van der Waals surface area contributed by atoms with Gasteiger partial charge in [0.25, 0.3) is 5.91 Å². The van der Waals surface area contributed by atoms with Crippen molar-refractivity contribution in [3.8, 4) is 11.4 Å². The van der Waals surface area contributed by atoms with Crippen molar-refractivity contribution >= 4 is 5.91 Å². The predicted molar refractivity (Wildman–Crippen MR) is 102 cm³/mol. The van der Waals surface area contributed by atoms with Crippen LogP contribution in [-0.2, 0) is 0 Å². The molecule has 4 rings (SSSR count). The van der Waals surface area contributed by atoms with Crippen molar-refractivity contribution in [2.75, 3.05) is 0 Å². The molecule has 0 aliphatic heterocycles. The molecule has 0 aliphatic rings. The maximum Gasteiger partial charge on any atom is 0.270 e. The highest BCUT2D eigenvalue weighted by Crippen LogP contribution is 2.22. The molecule has 1 unspecified atom stereocenters. The summed E-state index contributed by atoms with van der Waals surface area (Å²) in [5.74, 6) is -0.248. The van der Waals surface area contributed by atoms with Crippen LogP contribution in [0.2, 0.25) is 0 Å². The number of H-pyrrole nitrogens is 1. The number of pyridine rings is 2. The van der Waals surface area contributed by atoms with E-state index in [1.54, 1.807) is 24.7 Å². The summed E-state index contributed by atoms with van der Waals surface area (Å²) in [6, 6.07) is 20.5. The van der Waals surface area contributed by atoms with Crippen molar-refractivity contribution in [2.24, 2.45) is 0 Å². The van der Waals surface area contributed by atoms with Crippen molar-refractivity contribution in [1.29, 1.82) is 0 Å². The first-order valence-corrected chi connectivity index (χ1v) is 8.54. The first-order valence-electron chi connectivity index (χ1n) is 8.54. The number of carbonyl (C=O) groups is 1. The third kappa shape index (κ3) is 3.74. The van der Waals surface area contributed by atoms with E-state index in [9.17, 15) is 4.79 Å². The van der Waals surface area contributed by atoms with Crippen LogP contribution in [-0.4, -0.2) is 26.1 Å². The van der Waals surface area contributed by atoms with Crippen LogP contribution in [0.25, 0.3) is 11.4 Å². The average molecular weight is 355 g/mol. The number of carbonyl (C=O) groups excluding carboxylic acids is 1. The zero-order valence-electron chi connectivity index (χ0n) is 14.4. The second-order valence-corrected chi connectivity index (χ2v) is 5.99. The van der Waals surface area contributed by atoms with Crippen LogP contribution in [0.3, 0.4) is 0 Å². The third-order valence-electron chi connectivity index (χ3n) is 4.18. The van der Waals surface area contributed by atoms with Gasteiger partial charge in [0.15, 0.2) is 0 Å². The number of aromatic nitrogens is 4. The Morgan fingerprint density at radius 2 is 1.70 bits per heavy atom. The molecule has 1 atom stereocenters. The smallest absolute Gasteiger partial charge is 0.270 e. The fourth-order valence-electron chi connectivity index (χ4n) is 2.84. The van der Waals surface area contributed by atoms with Gasteiger partial charge in [-0.2, -0.15) is 5.10 Å². The Kier molecular flexibility index (Phi) is 4.70. The van der Waals surface area contributed by atoms with Crippen LogP contribution in [0.4, 0.5) is 0 Å². The summed E-state index contributed by atoms with van der Waals surface area (Å²) >= 11 is 0. The number of hydrogen-bond acceptors (Lipinski definition) is 4. The molecule has 6 heteroatoms. The molecule has 0 aliphatic carbocycles. The van der Waals surface area contributed by atoms with E-state index in [1.165, 1.54) is 0 Å². The van der Waals surface area contributed by atoms with Crippen LogP contribution in [0.5, 0.6) is 0 Å².